The summed E-state index contributed by atoms with van der Waals surface area (Å²) in [7, 11) is 0. The number of hydrogen-bond donors (Lipinski definition) is 1. The predicted octanol–water partition coefficient (Wildman–Crippen LogP) is 0.217. The van der Waals surface area contributed by atoms with Gasteiger partial charge in [-0.2, -0.15) is 0 Å². The topological polar surface area (TPSA) is 55.6 Å². The molecule has 1 aliphatic heterocycles. The van der Waals surface area contributed by atoms with E-state index < -0.39 is 0 Å². The summed E-state index contributed by atoms with van der Waals surface area (Å²) in [4.78, 5) is 13.8. The molecule has 1 amide bonds. The maximum Gasteiger partial charge on any atom is 0.227 e. The third-order valence-electron chi connectivity index (χ3n) is 2.70. The van der Waals surface area contributed by atoms with Crippen LogP contribution in [0.4, 0.5) is 0 Å². The van der Waals surface area contributed by atoms with Crippen molar-refractivity contribution in [2.24, 2.45) is 11.7 Å². The number of nitrogens with zero attached hydrogens (tertiary/aromatic N) is 1. The Labute approximate surface area is 85.4 Å². The lowest BCUT2D eigenvalue weighted by Crippen LogP contribution is -2.54. The van der Waals surface area contributed by atoms with Crippen LogP contribution >= 0.6 is 0 Å². The molecule has 0 aromatic carbocycles. The van der Waals surface area contributed by atoms with E-state index in [-0.39, 0.29) is 23.9 Å². The largest absolute Gasteiger partial charge is 0.377 e. The summed E-state index contributed by atoms with van der Waals surface area (Å²) >= 11 is 0. The van der Waals surface area contributed by atoms with E-state index in [1.54, 1.807) is 0 Å². The summed E-state index contributed by atoms with van der Waals surface area (Å²) in [5.74, 6) is 0.0637. The molecule has 0 spiro atoms. The van der Waals surface area contributed by atoms with Gasteiger partial charge < -0.3 is 15.4 Å². The minimum Gasteiger partial charge on any atom is -0.377 e. The molecular weight excluding hydrogens is 180 g/mol. The average Bonchev–Trinajstić information content (AvgIpc) is 2.16. The van der Waals surface area contributed by atoms with E-state index in [0.29, 0.717) is 19.8 Å². The molecule has 0 radical (unpaired) electrons. The Morgan fingerprint density at radius 1 is 1.50 bits per heavy atom. The number of nitrogens with two attached hydrogens (primary N) is 1. The molecule has 1 heterocycles. The molecule has 1 rings (SSSR count). The van der Waals surface area contributed by atoms with Crippen LogP contribution in [0.1, 0.15) is 20.8 Å². The van der Waals surface area contributed by atoms with E-state index in [1.807, 2.05) is 25.7 Å². The van der Waals surface area contributed by atoms with Crippen molar-refractivity contribution in [1.29, 1.82) is 0 Å². The summed E-state index contributed by atoms with van der Waals surface area (Å²) in [6.07, 6.45) is 0. The van der Waals surface area contributed by atoms with Gasteiger partial charge in [0.25, 0.3) is 0 Å². The number of carbonyl (C=O) groups is 1. The van der Waals surface area contributed by atoms with Crippen LogP contribution in [-0.4, -0.2) is 42.6 Å². The van der Waals surface area contributed by atoms with E-state index in [1.165, 1.54) is 0 Å². The molecule has 0 aromatic rings. The molecular formula is C10H20N2O2. The first-order valence-corrected chi connectivity index (χ1v) is 5.18. The third-order valence-corrected chi connectivity index (χ3v) is 2.70. The molecule has 0 aromatic heterocycles. The maximum absolute atomic E-state index is 11.9. The smallest absolute Gasteiger partial charge is 0.227 e. The minimum atomic E-state index is -0.0852. The van der Waals surface area contributed by atoms with Crippen molar-refractivity contribution < 1.29 is 9.53 Å². The molecule has 1 aliphatic rings. The van der Waals surface area contributed by atoms with Crippen LogP contribution in [0.5, 0.6) is 0 Å². The van der Waals surface area contributed by atoms with Gasteiger partial charge in [0, 0.05) is 12.5 Å². The summed E-state index contributed by atoms with van der Waals surface area (Å²) in [6.45, 7) is 7.57. The van der Waals surface area contributed by atoms with Gasteiger partial charge in [-0.05, 0) is 13.8 Å². The summed E-state index contributed by atoms with van der Waals surface area (Å²) in [5, 5.41) is 0. The number of rotatable bonds is 2. The van der Waals surface area contributed by atoms with E-state index >= 15 is 0 Å². The number of amides is 1. The Kier molecular flexibility index (Phi) is 3.89. The Morgan fingerprint density at radius 2 is 2.00 bits per heavy atom. The third kappa shape index (κ3) is 2.25. The van der Waals surface area contributed by atoms with Gasteiger partial charge in [0.15, 0.2) is 0 Å². The molecule has 4 nitrogen and oxygen atoms in total. The lowest BCUT2D eigenvalue weighted by molar-refractivity contribution is -0.147. The van der Waals surface area contributed by atoms with Crippen molar-refractivity contribution in [3.8, 4) is 0 Å². The first kappa shape index (κ1) is 11.5. The lowest BCUT2D eigenvalue weighted by atomic mass is 10.1. The fraction of sp³-hybridized carbons (Fsp3) is 0.900. The molecule has 1 fully saturated rings. The van der Waals surface area contributed by atoms with Crippen LogP contribution in [0.15, 0.2) is 0 Å². The minimum absolute atomic E-state index is 0.0852. The Balaban J connectivity index is 2.67. The Bertz CT molecular complexity index is 198. The SMILES string of the molecule is CC(CN)C(=O)N1C(C)COCC1C. The molecule has 0 bridgehead atoms. The van der Waals surface area contributed by atoms with Crippen LogP contribution in [0.25, 0.3) is 0 Å². The fourth-order valence-corrected chi connectivity index (χ4v) is 1.79. The van der Waals surface area contributed by atoms with Gasteiger partial charge in [0.2, 0.25) is 5.91 Å². The standard InChI is InChI=1S/C10H20N2O2/c1-7(4-11)10(13)12-8(2)5-14-6-9(12)3/h7-9H,4-6,11H2,1-3H3. The quantitative estimate of drug-likeness (QED) is 0.693. The van der Waals surface area contributed by atoms with Crippen molar-refractivity contribution in [2.45, 2.75) is 32.9 Å². The van der Waals surface area contributed by atoms with Crippen molar-refractivity contribution in [3.63, 3.8) is 0 Å². The van der Waals surface area contributed by atoms with Crippen LogP contribution in [0, 0.1) is 5.92 Å². The van der Waals surface area contributed by atoms with Gasteiger partial charge in [-0.25, -0.2) is 0 Å². The Morgan fingerprint density at radius 3 is 2.43 bits per heavy atom. The monoisotopic (exact) mass is 200 g/mol. The van der Waals surface area contributed by atoms with Crippen LogP contribution in [-0.2, 0) is 9.53 Å². The van der Waals surface area contributed by atoms with Crippen molar-refractivity contribution >= 4 is 5.91 Å². The van der Waals surface area contributed by atoms with Gasteiger partial charge >= 0.3 is 0 Å². The molecule has 3 unspecified atom stereocenters. The first-order chi connectivity index (χ1) is 6.57. The van der Waals surface area contributed by atoms with Crippen molar-refractivity contribution in [2.75, 3.05) is 19.8 Å². The number of ether oxygens (including phenoxy) is 1. The molecule has 0 aliphatic carbocycles. The second-order valence-electron chi connectivity index (χ2n) is 4.12. The molecule has 14 heavy (non-hydrogen) atoms. The molecule has 3 atom stereocenters. The lowest BCUT2D eigenvalue weighted by Gasteiger charge is -2.40. The van der Waals surface area contributed by atoms with Crippen LogP contribution in [0.2, 0.25) is 0 Å². The normalized spacial score (nSPS) is 30.1. The molecule has 0 saturated carbocycles. The summed E-state index contributed by atoms with van der Waals surface area (Å²) < 4.78 is 5.36. The highest BCUT2D eigenvalue weighted by atomic mass is 16.5. The maximum atomic E-state index is 11.9. The van der Waals surface area contributed by atoms with Crippen molar-refractivity contribution in [1.82, 2.24) is 4.90 Å². The van der Waals surface area contributed by atoms with E-state index in [9.17, 15) is 4.79 Å². The Hall–Kier alpha value is -0.610. The van der Waals surface area contributed by atoms with E-state index in [0.717, 1.165) is 0 Å². The van der Waals surface area contributed by atoms with Crippen molar-refractivity contribution in [3.05, 3.63) is 0 Å². The van der Waals surface area contributed by atoms with Crippen LogP contribution < -0.4 is 5.73 Å². The number of morpholine rings is 1. The zero-order chi connectivity index (χ0) is 10.7. The molecule has 1 saturated heterocycles. The van der Waals surface area contributed by atoms with Gasteiger partial charge in [0.1, 0.15) is 0 Å². The highest BCUT2D eigenvalue weighted by Gasteiger charge is 2.31. The molecule has 82 valence electrons. The predicted molar refractivity (Wildman–Crippen MR) is 54.8 cm³/mol. The zero-order valence-electron chi connectivity index (χ0n) is 9.19. The van der Waals surface area contributed by atoms with E-state index in [2.05, 4.69) is 0 Å². The second-order valence-corrected chi connectivity index (χ2v) is 4.12. The van der Waals surface area contributed by atoms with Gasteiger partial charge in [-0.1, -0.05) is 6.92 Å². The summed E-state index contributed by atoms with van der Waals surface area (Å²) in [5.41, 5.74) is 5.49. The van der Waals surface area contributed by atoms with Crippen LogP contribution in [0.3, 0.4) is 0 Å². The highest BCUT2D eigenvalue weighted by molar-refractivity contribution is 5.79. The first-order valence-electron chi connectivity index (χ1n) is 5.18. The van der Waals surface area contributed by atoms with Gasteiger partial charge in [-0.15, -0.1) is 0 Å². The van der Waals surface area contributed by atoms with E-state index in [4.69, 9.17) is 10.5 Å². The second kappa shape index (κ2) is 4.75. The number of hydrogen-bond acceptors (Lipinski definition) is 3. The average molecular weight is 200 g/mol. The van der Waals surface area contributed by atoms with Gasteiger partial charge in [0.05, 0.1) is 25.3 Å². The highest BCUT2D eigenvalue weighted by Crippen LogP contribution is 2.16. The molecule has 2 N–H and O–H groups in total. The number of carbonyl (C=O) groups excluding carboxylic acids is 1. The zero-order valence-corrected chi connectivity index (χ0v) is 9.19. The fourth-order valence-electron chi connectivity index (χ4n) is 1.79. The van der Waals surface area contributed by atoms with Gasteiger partial charge in [-0.3, -0.25) is 4.79 Å². The molecule has 4 heteroatoms. The summed E-state index contributed by atoms with van der Waals surface area (Å²) in [6, 6.07) is 0.334.